The summed E-state index contributed by atoms with van der Waals surface area (Å²) in [7, 11) is 0. The zero-order valence-electron chi connectivity index (χ0n) is 13.3. The Morgan fingerprint density at radius 1 is 1.13 bits per heavy atom. The van der Waals surface area contributed by atoms with Crippen LogP contribution in [0, 0.1) is 0 Å². The van der Waals surface area contributed by atoms with Crippen molar-refractivity contribution in [1.82, 2.24) is 0 Å². The van der Waals surface area contributed by atoms with Gasteiger partial charge in [0.2, 0.25) is 5.91 Å². The van der Waals surface area contributed by atoms with Gasteiger partial charge in [-0.15, -0.1) is 0 Å². The number of anilines is 2. The first-order valence-electron chi connectivity index (χ1n) is 7.59. The minimum atomic E-state index is -0.0231. The molecule has 0 aliphatic rings. The summed E-state index contributed by atoms with van der Waals surface area (Å²) in [5.74, 6) is 0.777. The highest BCUT2D eigenvalue weighted by molar-refractivity contribution is 9.10. The van der Waals surface area contributed by atoms with Crippen LogP contribution >= 0.6 is 15.9 Å². The molecular formula is C18H21BrN2O2. The molecule has 0 heterocycles. The minimum Gasteiger partial charge on any atom is -0.491 e. The predicted molar refractivity (Wildman–Crippen MR) is 98.1 cm³/mol. The third kappa shape index (κ3) is 6.32. The second kappa shape index (κ2) is 8.58. The normalized spacial score (nSPS) is 10.4. The first kappa shape index (κ1) is 17.3. The number of ether oxygens (including phenoxy) is 1. The van der Waals surface area contributed by atoms with Crippen LogP contribution in [0.4, 0.5) is 11.4 Å². The van der Waals surface area contributed by atoms with Crippen molar-refractivity contribution in [3.05, 3.63) is 53.0 Å². The maximum atomic E-state index is 11.9. The Labute approximate surface area is 145 Å². The maximum Gasteiger partial charge on any atom is 0.226 e. The largest absolute Gasteiger partial charge is 0.491 e. The molecule has 0 fully saturated rings. The Bertz CT molecular complexity index is 642. The van der Waals surface area contributed by atoms with Crippen LogP contribution in [-0.2, 0) is 4.79 Å². The van der Waals surface area contributed by atoms with Gasteiger partial charge < -0.3 is 15.4 Å². The van der Waals surface area contributed by atoms with E-state index >= 15 is 0 Å². The summed E-state index contributed by atoms with van der Waals surface area (Å²) in [5, 5.41) is 6.10. The number of carbonyl (C=O) groups is 1. The molecule has 1 amide bonds. The van der Waals surface area contributed by atoms with E-state index < -0.39 is 0 Å². The van der Waals surface area contributed by atoms with Crippen LogP contribution < -0.4 is 15.4 Å². The molecule has 2 N–H and O–H groups in total. The topological polar surface area (TPSA) is 50.4 Å². The van der Waals surface area contributed by atoms with Crippen LogP contribution in [0.25, 0.3) is 0 Å². The van der Waals surface area contributed by atoms with Crippen molar-refractivity contribution in [2.24, 2.45) is 0 Å². The van der Waals surface area contributed by atoms with Crippen molar-refractivity contribution in [3.63, 3.8) is 0 Å². The highest BCUT2D eigenvalue weighted by Gasteiger charge is 2.03. The summed E-state index contributed by atoms with van der Waals surface area (Å²) >= 11 is 3.42. The Hall–Kier alpha value is -2.01. The van der Waals surface area contributed by atoms with Gasteiger partial charge in [0.15, 0.2) is 0 Å². The van der Waals surface area contributed by atoms with Crippen molar-refractivity contribution >= 4 is 33.2 Å². The maximum absolute atomic E-state index is 11.9. The Morgan fingerprint density at radius 3 is 2.52 bits per heavy atom. The van der Waals surface area contributed by atoms with Gasteiger partial charge in [0.05, 0.1) is 6.10 Å². The van der Waals surface area contributed by atoms with Crippen LogP contribution in [0.3, 0.4) is 0 Å². The molecule has 23 heavy (non-hydrogen) atoms. The Balaban J connectivity index is 1.76. The summed E-state index contributed by atoms with van der Waals surface area (Å²) in [6.45, 7) is 4.54. The first-order valence-corrected chi connectivity index (χ1v) is 8.38. The van der Waals surface area contributed by atoms with E-state index in [-0.39, 0.29) is 12.0 Å². The molecule has 0 saturated carbocycles. The molecule has 2 rings (SSSR count). The molecule has 0 spiro atoms. The van der Waals surface area contributed by atoms with Crippen molar-refractivity contribution < 1.29 is 9.53 Å². The number of hydrogen-bond acceptors (Lipinski definition) is 3. The van der Waals surface area contributed by atoms with Gasteiger partial charge in [-0.1, -0.05) is 22.0 Å². The van der Waals surface area contributed by atoms with E-state index in [4.69, 9.17) is 4.74 Å². The number of amides is 1. The first-order chi connectivity index (χ1) is 11.0. The van der Waals surface area contributed by atoms with Gasteiger partial charge in [-0.2, -0.15) is 0 Å². The lowest BCUT2D eigenvalue weighted by atomic mass is 10.2. The molecule has 0 radical (unpaired) electrons. The molecule has 2 aromatic carbocycles. The molecular weight excluding hydrogens is 356 g/mol. The number of nitrogens with one attached hydrogen (secondary N) is 2. The van der Waals surface area contributed by atoms with E-state index in [0.29, 0.717) is 13.0 Å². The summed E-state index contributed by atoms with van der Waals surface area (Å²) < 4.78 is 6.58. The number of benzene rings is 2. The molecule has 0 unspecified atom stereocenters. The fraction of sp³-hybridized carbons (Fsp3) is 0.278. The molecule has 2 aromatic rings. The number of rotatable bonds is 7. The van der Waals surface area contributed by atoms with Gasteiger partial charge in [0.1, 0.15) is 5.75 Å². The molecule has 4 nitrogen and oxygen atoms in total. The second-order valence-corrected chi connectivity index (χ2v) is 6.34. The Kier molecular flexibility index (Phi) is 6.47. The second-order valence-electron chi connectivity index (χ2n) is 5.43. The smallest absolute Gasteiger partial charge is 0.226 e. The SMILES string of the molecule is CC(C)Oc1ccc(NC(=O)CCNc2cccc(Br)c2)cc1. The molecule has 0 aromatic heterocycles. The monoisotopic (exact) mass is 376 g/mol. The number of carbonyl (C=O) groups excluding carboxylic acids is 1. The van der Waals surface area contributed by atoms with E-state index in [1.54, 1.807) is 0 Å². The highest BCUT2D eigenvalue weighted by atomic mass is 79.9. The summed E-state index contributed by atoms with van der Waals surface area (Å²) in [6, 6.07) is 15.3. The van der Waals surface area contributed by atoms with Gasteiger partial charge in [0, 0.05) is 28.8 Å². The average molecular weight is 377 g/mol. The molecule has 0 aliphatic heterocycles. The van der Waals surface area contributed by atoms with Gasteiger partial charge in [-0.25, -0.2) is 0 Å². The predicted octanol–water partition coefficient (Wildman–Crippen LogP) is 4.68. The van der Waals surface area contributed by atoms with Gasteiger partial charge in [-0.3, -0.25) is 4.79 Å². The minimum absolute atomic E-state index is 0.0231. The van der Waals surface area contributed by atoms with Gasteiger partial charge in [0.25, 0.3) is 0 Å². The summed E-state index contributed by atoms with van der Waals surface area (Å²) in [6.07, 6.45) is 0.538. The lowest BCUT2D eigenvalue weighted by Gasteiger charge is -2.11. The van der Waals surface area contributed by atoms with Crippen LogP contribution in [0.2, 0.25) is 0 Å². The standard InChI is InChI=1S/C18H21BrN2O2/c1-13(2)23-17-8-6-15(7-9-17)21-18(22)10-11-20-16-5-3-4-14(19)12-16/h3-9,12-13,20H,10-11H2,1-2H3,(H,21,22). The zero-order valence-corrected chi connectivity index (χ0v) is 14.9. The fourth-order valence-corrected chi connectivity index (χ4v) is 2.43. The fourth-order valence-electron chi connectivity index (χ4n) is 2.03. The van der Waals surface area contributed by atoms with Crippen LogP contribution in [0.1, 0.15) is 20.3 Å². The highest BCUT2D eigenvalue weighted by Crippen LogP contribution is 2.17. The quantitative estimate of drug-likeness (QED) is 0.737. The van der Waals surface area contributed by atoms with E-state index in [1.807, 2.05) is 62.4 Å². The van der Waals surface area contributed by atoms with Crippen LogP contribution in [-0.4, -0.2) is 18.6 Å². The van der Waals surface area contributed by atoms with Crippen LogP contribution in [0.15, 0.2) is 53.0 Å². The third-order valence-corrected chi connectivity index (χ3v) is 3.51. The van der Waals surface area contributed by atoms with E-state index in [9.17, 15) is 4.79 Å². The van der Waals surface area contributed by atoms with Crippen molar-refractivity contribution in [2.45, 2.75) is 26.4 Å². The molecule has 0 bridgehead atoms. The lowest BCUT2D eigenvalue weighted by molar-refractivity contribution is -0.115. The van der Waals surface area contributed by atoms with Gasteiger partial charge in [-0.05, 0) is 56.3 Å². The van der Waals surface area contributed by atoms with E-state index in [0.717, 1.165) is 21.6 Å². The number of halogens is 1. The summed E-state index contributed by atoms with van der Waals surface area (Å²) in [4.78, 5) is 11.9. The summed E-state index contributed by atoms with van der Waals surface area (Å²) in [5.41, 5.74) is 1.76. The molecule has 0 aliphatic carbocycles. The lowest BCUT2D eigenvalue weighted by Crippen LogP contribution is -2.16. The molecule has 0 saturated heterocycles. The van der Waals surface area contributed by atoms with Crippen molar-refractivity contribution in [1.29, 1.82) is 0 Å². The Morgan fingerprint density at radius 2 is 1.87 bits per heavy atom. The average Bonchev–Trinajstić information content (AvgIpc) is 2.49. The molecule has 0 atom stereocenters. The van der Waals surface area contributed by atoms with Gasteiger partial charge >= 0.3 is 0 Å². The molecule has 122 valence electrons. The molecule has 5 heteroatoms. The van der Waals surface area contributed by atoms with E-state index in [2.05, 4.69) is 26.6 Å². The zero-order chi connectivity index (χ0) is 16.7. The van der Waals surface area contributed by atoms with Crippen LogP contribution in [0.5, 0.6) is 5.75 Å². The van der Waals surface area contributed by atoms with Crippen molar-refractivity contribution in [2.75, 3.05) is 17.2 Å². The van der Waals surface area contributed by atoms with Crippen molar-refractivity contribution in [3.8, 4) is 5.75 Å². The third-order valence-electron chi connectivity index (χ3n) is 3.02. The van der Waals surface area contributed by atoms with E-state index in [1.165, 1.54) is 0 Å². The number of hydrogen-bond donors (Lipinski definition) is 2.